The van der Waals surface area contributed by atoms with E-state index in [9.17, 15) is 0 Å². The predicted octanol–water partition coefficient (Wildman–Crippen LogP) is 22.4. The summed E-state index contributed by atoms with van der Waals surface area (Å²) < 4.78 is 9.69. The van der Waals surface area contributed by atoms with Gasteiger partial charge >= 0.3 is 0 Å². The number of nitrogens with zero attached hydrogens (tertiary/aromatic N) is 4. The molecule has 88 heavy (non-hydrogen) atoms. The van der Waals surface area contributed by atoms with Gasteiger partial charge in [-0.25, -0.2) is 0 Å². The second-order valence-electron chi connectivity index (χ2n) is 23.3. The zero-order valence-electron chi connectivity index (χ0n) is 48.0. The maximum Gasteiger partial charge on any atom is 0.0541 e. The van der Waals surface area contributed by atoms with Gasteiger partial charge in [0.1, 0.15) is 0 Å². The van der Waals surface area contributed by atoms with Crippen molar-refractivity contribution >= 4 is 87.2 Å². The van der Waals surface area contributed by atoms with Crippen molar-refractivity contribution in [3.8, 4) is 78.4 Å². The summed E-state index contributed by atoms with van der Waals surface area (Å²) in [6.07, 6.45) is 0. The lowest BCUT2D eigenvalue weighted by Crippen LogP contribution is -1.96. The zero-order valence-corrected chi connectivity index (χ0v) is 48.0. The van der Waals surface area contributed by atoms with Crippen LogP contribution in [0.25, 0.3) is 166 Å². The van der Waals surface area contributed by atoms with Gasteiger partial charge in [0, 0.05) is 65.8 Å². The van der Waals surface area contributed by atoms with Crippen molar-refractivity contribution in [2.24, 2.45) is 0 Å². The molecular weight excluding hydrogens is 1060 g/mol. The fourth-order valence-corrected chi connectivity index (χ4v) is 14.4. The lowest BCUT2D eigenvalue weighted by atomic mass is 9.89. The lowest BCUT2D eigenvalue weighted by molar-refractivity contribution is 1.18. The average molecular weight is 1120 g/mol. The molecule has 4 heterocycles. The molecule has 0 fully saturated rings. The first kappa shape index (κ1) is 49.7. The predicted molar refractivity (Wildman–Crippen MR) is 371 cm³/mol. The van der Waals surface area contributed by atoms with Crippen LogP contribution in [0.2, 0.25) is 0 Å². The molecule has 0 radical (unpaired) electrons. The van der Waals surface area contributed by atoms with Crippen molar-refractivity contribution in [3.05, 3.63) is 328 Å². The minimum absolute atomic E-state index is 1.12. The van der Waals surface area contributed by atoms with Crippen LogP contribution in [0.15, 0.2) is 328 Å². The summed E-state index contributed by atoms with van der Waals surface area (Å²) in [7, 11) is 0. The molecule has 0 saturated carbocycles. The number of hydrogen-bond donors (Lipinski definition) is 0. The highest BCUT2D eigenvalue weighted by atomic mass is 15.0. The van der Waals surface area contributed by atoms with E-state index in [1.54, 1.807) is 0 Å². The van der Waals surface area contributed by atoms with E-state index in [2.05, 4.69) is 346 Å². The van der Waals surface area contributed by atoms with Gasteiger partial charge in [-0.05, 0) is 189 Å². The van der Waals surface area contributed by atoms with Crippen LogP contribution in [-0.4, -0.2) is 18.3 Å². The van der Waals surface area contributed by atoms with Crippen LogP contribution in [0.5, 0.6) is 0 Å². The summed E-state index contributed by atoms with van der Waals surface area (Å²) in [5, 5.41) is 9.95. The quantitative estimate of drug-likeness (QED) is 0.137. The van der Waals surface area contributed by atoms with Gasteiger partial charge < -0.3 is 18.3 Å². The Balaban J connectivity index is 0.866. The molecule has 0 N–H and O–H groups in total. The van der Waals surface area contributed by atoms with E-state index in [1.807, 2.05) is 0 Å². The second-order valence-corrected chi connectivity index (χ2v) is 23.3. The van der Waals surface area contributed by atoms with Crippen LogP contribution in [-0.2, 0) is 0 Å². The number of rotatable bonds is 9. The molecule has 18 aromatic rings. The summed E-state index contributed by atoms with van der Waals surface area (Å²) in [5.41, 5.74) is 25.3. The summed E-state index contributed by atoms with van der Waals surface area (Å²) in [6, 6.07) is 121. The fourth-order valence-electron chi connectivity index (χ4n) is 14.4. The number of hydrogen-bond acceptors (Lipinski definition) is 0. The Bertz CT molecular complexity index is 4920. The Morgan fingerprint density at radius 3 is 0.466 bits per heavy atom. The van der Waals surface area contributed by atoms with Gasteiger partial charge in [0.25, 0.3) is 0 Å². The van der Waals surface area contributed by atoms with Crippen LogP contribution in [0.4, 0.5) is 0 Å². The van der Waals surface area contributed by atoms with Crippen molar-refractivity contribution < 1.29 is 0 Å². The van der Waals surface area contributed by atoms with E-state index >= 15 is 0 Å². The van der Waals surface area contributed by atoms with Gasteiger partial charge in [0.15, 0.2) is 0 Å². The van der Waals surface area contributed by atoms with Gasteiger partial charge in [-0.2, -0.15) is 0 Å². The monoisotopic (exact) mass is 1120 g/mol. The van der Waals surface area contributed by atoms with E-state index in [0.717, 1.165) is 78.4 Å². The largest absolute Gasteiger partial charge is 0.309 e. The molecule has 0 aliphatic carbocycles. The molecule has 14 aromatic carbocycles. The second kappa shape index (κ2) is 20.0. The molecule has 0 amide bonds. The van der Waals surface area contributed by atoms with Crippen molar-refractivity contribution in [1.29, 1.82) is 0 Å². The maximum absolute atomic E-state index is 2.42. The minimum atomic E-state index is 1.12. The molecule has 4 heteroatoms. The lowest BCUT2D eigenvalue weighted by Gasteiger charge is -2.17. The van der Waals surface area contributed by atoms with Crippen LogP contribution >= 0.6 is 0 Å². The smallest absolute Gasteiger partial charge is 0.0541 e. The zero-order chi connectivity index (χ0) is 57.8. The van der Waals surface area contributed by atoms with Gasteiger partial charge in [-0.15, -0.1) is 0 Å². The molecule has 0 aliphatic rings. The first-order valence-electron chi connectivity index (χ1n) is 30.3. The topological polar surface area (TPSA) is 19.7 Å². The number of para-hydroxylation sites is 8. The standard InChI is InChI=1S/C84H54N4/c1-9-37-77-69(29-1)70-30-2-10-38-78(70)85(77)65-25-17-21-55(51-65)59-45-60(56-22-18-26-66(52-56)86-79-39-11-3-31-71(79)72-32-4-12-40-80(72)86)48-63(47-59)64-49-61(57-23-19-27-67(53-57)87-81-41-13-5-33-73(81)74-34-6-14-42-82(74)87)46-62(50-64)58-24-20-28-68(54-58)88-83-43-15-7-35-75(83)76-36-8-16-44-84(76)88/h1-54H. The van der Waals surface area contributed by atoms with Crippen LogP contribution in [0.3, 0.4) is 0 Å². The molecule has 0 bridgehead atoms. The van der Waals surface area contributed by atoms with E-state index in [-0.39, 0.29) is 0 Å². The number of fused-ring (bicyclic) bond motifs is 12. The summed E-state index contributed by atoms with van der Waals surface area (Å²) in [6.45, 7) is 0. The fraction of sp³-hybridized carbons (Fsp3) is 0. The maximum atomic E-state index is 2.42. The highest BCUT2D eigenvalue weighted by Gasteiger charge is 2.20. The molecule has 0 atom stereocenters. The molecular formula is C84H54N4. The highest BCUT2D eigenvalue weighted by molar-refractivity contribution is 6.12. The van der Waals surface area contributed by atoms with E-state index in [0.29, 0.717) is 0 Å². The number of aromatic nitrogens is 4. The number of benzene rings is 14. The molecule has 410 valence electrons. The average Bonchev–Trinajstić information content (AvgIpc) is 2.05. The van der Waals surface area contributed by atoms with Crippen molar-refractivity contribution in [2.75, 3.05) is 0 Å². The Morgan fingerprint density at radius 2 is 0.284 bits per heavy atom. The molecule has 0 spiro atoms. The van der Waals surface area contributed by atoms with Gasteiger partial charge in [0.2, 0.25) is 0 Å². The van der Waals surface area contributed by atoms with E-state index in [1.165, 1.54) is 87.2 Å². The summed E-state index contributed by atoms with van der Waals surface area (Å²) in [5.74, 6) is 0. The third kappa shape index (κ3) is 7.93. The molecule has 0 saturated heterocycles. The van der Waals surface area contributed by atoms with E-state index in [4.69, 9.17) is 0 Å². The van der Waals surface area contributed by atoms with Crippen molar-refractivity contribution in [1.82, 2.24) is 18.3 Å². The van der Waals surface area contributed by atoms with Crippen molar-refractivity contribution in [2.45, 2.75) is 0 Å². The van der Waals surface area contributed by atoms with Crippen LogP contribution in [0, 0.1) is 0 Å². The summed E-state index contributed by atoms with van der Waals surface area (Å²) >= 11 is 0. The minimum Gasteiger partial charge on any atom is -0.309 e. The Morgan fingerprint density at radius 1 is 0.125 bits per heavy atom. The van der Waals surface area contributed by atoms with Gasteiger partial charge in [0.05, 0.1) is 44.1 Å². The molecule has 0 aliphatic heterocycles. The third-order valence-electron chi connectivity index (χ3n) is 18.3. The highest BCUT2D eigenvalue weighted by Crippen LogP contribution is 2.43. The Labute approximate surface area is 508 Å². The van der Waals surface area contributed by atoms with Crippen LogP contribution < -0.4 is 0 Å². The molecule has 4 nitrogen and oxygen atoms in total. The molecule has 18 rings (SSSR count). The first-order valence-corrected chi connectivity index (χ1v) is 30.3. The van der Waals surface area contributed by atoms with Gasteiger partial charge in [-0.3, -0.25) is 0 Å². The summed E-state index contributed by atoms with van der Waals surface area (Å²) in [4.78, 5) is 0. The van der Waals surface area contributed by atoms with Crippen LogP contribution in [0.1, 0.15) is 0 Å². The third-order valence-corrected chi connectivity index (χ3v) is 18.3. The Hall–Kier alpha value is -11.7. The Kier molecular flexibility index (Phi) is 11.3. The molecule has 0 unspecified atom stereocenters. The molecule has 4 aromatic heterocycles. The first-order chi connectivity index (χ1) is 43.6. The SMILES string of the molecule is c1cc(-c2cc(-c3cc(-c4cccc(-n5c6ccccc6c6ccccc65)c4)cc(-c4cccc(-n5c6ccccc6c6ccccc65)c4)c3)cc(-c3cccc(-n4c5ccccc5c5ccccc54)c3)c2)cc(-n2c3ccccc3c3ccccc32)c1. The van der Waals surface area contributed by atoms with E-state index < -0.39 is 0 Å². The van der Waals surface area contributed by atoms with Crippen molar-refractivity contribution in [3.63, 3.8) is 0 Å². The van der Waals surface area contributed by atoms with Gasteiger partial charge in [-0.1, -0.05) is 194 Å². The normalized spacial score (nSPS) is 11.9.